The van der Waals surface area contributed by atoms with Crippen LogP contribution in [-0.2, 0) is 0 Å². The van der Waals surface area contributed by atoms with Crippen LogP contribution in [0.1, 0.15) is 17.2 Å². The Morgan fingerprint density at radius 2 is 1.74 bits per heavy atom. The molecule has 2 aromatic heterocycles. The summed E-state index contributed by atoms with van der Waals surface area (Å²) in [4.78, 5) is 2.95. The molecule has 0 fully saturated rings. The number of aromatic amines is 1. The Balaban J connectivity index is 1.91. The van der Waals surface area contributed by atoms with E-state index in [2.05, 4.69) is 20.5 Å². The standard InChI is InChI=1S/C19H10ClF3N4/c20-18-13-8-3-1-2-4-12(8)25-17(9-7-24-19(14(9)13)27-26-18)15-10(21)5-6-11(22)16(15)23/h1-7,17,25H,(H,24,27). The number of anilines is 1. The normalized spacial score (nSPS) is 15.3. The lowest BCUT2D eigenvalue weighted by atomic mass is 9.96. The second-order valence-corrected chi connectivity index (χ2v) is 6.57. The van der Waals surface area contributed by atoms with Crippen LogP contribution in [0.2, 0.25) is 5.15 Å². The number of para-hydroxylation sites is 1. The largest absolute Gasteiger partial charge is 0.373 e. The lowest BCUT2D eigenvalue weighted by Crippen LogP contribution is -2.16. The van der Waals surface area contributed by atoms with Crippen molar-refractivity contribution in [3.8, 4) is 11.1 Å². The van der Waals surface area contributed by atoms with Crippen LogP contribution < -0.4 is 5.32 Å². The van der Waals surface area contributed by atoms with Gasteiger partial charge < -0.3 is 10.3 Å². The van der Waals surface area contributed by atoms with Crippen molar-refractivity contribution in [3.05, 3.63) is 76.3 Å². The summed E-state index contributed by atoms with van der Waals surface area (Å²) in [7, 11) is 0. The number of halogens is 4. The van der Waals surface area contributed by atoms with Gasteiger partial charge in [-0.1, -0.05) is 29.8 Å². The number of hydrogen-bond acceptors (Lipinski definition) is 3. The Morgan fingerprint density at radius 1 is 0.963 bits per heavy atom. The van der Waals surface area contributed by atoms with E-state index in [1.807, 2.05) is 12.1 Å². The second-order valence-electron chi connectivity index (χ2n) is 6.21. The van der Waals surface area contributed by atoms with Crippen LogP contribution >= 0.6 is 11.6 Å². The molecule has 1 unspecified atom stereocenters. The molecule has 0 bridgehead atoms. The molecule has 27 heavy (non-hydrogen) atoms. The Hall–Kier alpha value is -3.06. The SMILES string of the molecule is Fc1ccc(F)c(C2Nc3ccccc3-c3c(Cl)nnc4[nH]cc2c34)c1F. The number of benzene rings is 2. The molecular weight excluding hydrogens is 377 g/mol. The van der Waals surface area contributed by atoms with Crippen molar-refractivity contribution in [2.24, 2.45) is 0 Å². The zero-order valence-corrected chi connectivity index (χ0v) is 14.3. The van der Waals surface area contributed by atoms with Crippen molar-refractivity contribution in [3.63, 3.8) is 0 Å². The van der Waals surface area contributed by atoms with Gasteiger partial charge in [-0.25, -0.2) is 13.2 Å². The van der Waals surface area contributed by atoms with Gasteiger partial charge in [0.25, 0.3) is 0 Å². The maximum absolute atomic E-state index is 14.6. The van der Waals surface area contributed by atoms with Crippen molar-refractivity contribution < 1.29 is 13.2 Å². The van der Waals surface area contributed by atoms with Gasteiger partial charge in [-0.2, -0.15) is 0 Å². The fraction of sp³-hybridized carbons (Fsp3) is 0.0526. The van der Waals surface area contributed by atoms with E-state index < -0.39 is 29.1 Å². The molecule has 1 atom stereocenters. The molecule has 8 heteroatoms. The van der Waals surface area contributed by atoms with Gasteiger partial charge in [0.15, 0.2) is 22.4 Å². The van der Waals surface area contributed by atoms with Gasteiger partial charge in [-0.15, -0.1) is 10.2 Å². The maximum atomic E-state index is 14.6. The lowest BCUT2D eigenvalue weighted by Gasteiger charge is -2.20. The van der Waals surface area contributed by atoms with Gasteiger partial charge in [0.05, 0.1) is 11.6 Å². The Kier molecular flexibility index (Phi) is 3.42. The van der Waals surface area contributed by atoms with Crippen molar-refractivity contribution >= 4 is 28.3 Å². The Labute approximate surface area is 156 Å². The first kappa shape index (κ1) is 16.1. The average Bonchev–Trinajstić information content (AvgIpc) is 3.02. The minimum atomic E-state index is -1.24. The summed E-state index contributed by atoms with van der Waals surface area (Å²) in [5, 5.41) is 11.9. The molecule has 2 N–H and O–H groups in total. The number of aromatic nitrogens is 3. The highest BCUT2D eigenvalue weighted by Crippen LogP contribution is 2.46. The van der Waals surface area contributed by atoms with Crippen LogP contribution in [0, 0.1) is 17.5 Å². The van der Waals surface area contributed by atoms with Crippen molar-refractivity contribution in [2.75, 3.05) is 5.32 Å². The topological polar surface area (TPSA) is 53.6 Å². The van der Waals surface area contributed by atoms with Crippen LogP contribution in [0.4, 0.5) is 18.9 Å². The fourth-order valence-electron chi connectivity index (χ4n) is 3.58. The first-order valence-corrected chi connectivity index (χ1v) is 8.46. The summed E-state index contributed by atoms with van der Waals surface area (Å²) in [6.45, 7) is 0. The summed E-state index contributed by atoms with van der Waals surface area (Å²) in [6.07, 6.45) is 1.58. The number of H-pyrrole nitrogens is 1. The van der Waals surface area contributed by atoms with E-state index in [-0.39, 0.29) is 5.15 Å². The Morgan fingerprint density at radius 3 is 2.59 bits per heavy atom. The molecule has 2 aromatic carbocycles. The van der Waals surface area contributed by atoms with Crippen LogP contribution in [0.15, 0.2) is 42.6 Å². The molecule has 4 nitrogen and oxygen atoms in total. The van der Waals surface area contributed by atoms with Crippen LogP contribution in [0.25, 0.3) is 22.2 Å². The zero-order valence-electron chi connectivity index (χ0n) is 13.5. The highest BCUT2D eigenvalue weighted by atomic mass is 35.5. The van der Waals surface area contributed by atoms with Gasteiger partial charge in [0.1, 0.15) is 5.82 Å². The van der Waals surface area contributed by atoms with E-state index in [9.17, 15) is 13.2 Å². The van der Waals surface area contributed by atoms with Gasteiger partial charge in [-0.3, -0.25) is 0 Å². The molecule has 0 spiro atoms. The zero-order chi connectivity index (χ0) is 18.7. The van der Waals surface area contributed by atoms with E-state index in [0.717, 1.165) is 12.1 Å². The van der Waals surface area contributed by atoms with Gasteiger partial charge in [-0.05, 0) is 18.2 Å². The van der Waals surface area contributed by atoms with Crippen LogP contribution in [-0.4, -0.2) is 15.2 Å². The highest BCUT2D eigenvalue weighted by molar-refractivity contribution is 6.34. The predicted molar refractivity (Wildman–Crippen MR) is 96.1 cm³/mol. The summed E-state index contributed by atoms with van der Waals surface area (Å²) in [5.41, 5.74) is 2.41. The van der Waals surface area contributed by atoms with Gasteiger partial charge >= 0.3 is 0 Å². The minimum Gasteiger partial charge on any atom is -0.373 e. The lowest BCUT2D eigenvalue weighted by molar-refractivity contribution is 0.476. The van der Waals surface area contributed by atoms with E-state index in [1.54, 1.807) is 18.3 Å². The van der Waals surface area contributed by atoms with Gasteiger partial charge in [0, 0.05) is 34.0 Å². The van der Waals surface area contributed by atoms with Crippen molar-refractivity contribution in [1.82, 2.24) is 15.2 Å². The van der Waals surface area contributed by atoms with E-state index >= 15 is 0 Å². The monoisotopic (exact) mass is 386 g/mol. The predicted octanol–water partition coefficient (Wildman–Crippen LogP) is 5.21. The molecule has 0 radical (unpaired) electrons. The van der Waals surface area contributed by atoms with E-state index in [1.165, 1.54) is 0 Å². The molecule has 134 valence electrons. The van der Waals surface area contributed by atoms with E-state index in [0.29, 0.717) is 33.4 Å². The highest BCUT2D eigenvalue weighted by Gasteiger charge is 2.32. The third-order valence-electron chi connectivity index (χ3n) is 4.76. The molecule has 0 amide bonds. The number of fused-ring (bicyclic) bond motifs is 2. The fourth-order valence-corrected chi connectivity index (χ4v) is 3.82. The molecule has 0 aliphatic carbocycles. The minimum absolute atomic E-state index is 0.165. The van der Waals surface area contributed by atoms with E-state index in [4.69, 9.17) is 11.6 Å². The molecule has 3 heterocycles. The number of hydrogen-bond donors (Lipinski definition) is 2. The van der Waals surface area contributed by atoms with Crippen LogP contribution in [0.3, 0.4) is 0 Å². The van der Waals surface area contributed by atoms with Gasteiger partial charge in [0.2, 0.25) is 0 Å². The number of nitrogens with one attached hydrogen (secondary N) is 2. The van der Waals surface area contributed by atoms with Crippen molar-refractivity contribution in [2.45, 2.75) is 6.04 Å². The third kappa shape index (κ3) is 2.24. The van der Waals surface area contributed by atoms with Crippen molar-refractivity contribution in [1.29, 1.82) is 0 Å². The first-order chi connectivity index (χ1) is 13.1. The maximum Gasteiger partial charge on any atom is 0.167 e. The summed E-state index contributed by atoms with van der Waals surface area (Å²) < 4.78 is 43.0. The quantitative estimate of drug-likeness (QED) is 0.441. The average molecular weight is 387 g/mol. The molecule has 0 saturated carbocycles. The number of nitrogens with zero attached hydrogens (tertiary/aromatic N) is 2. The smallest absolute Gasteiger partial charge is 0.167 e. The summed E-state index contributed by atoms with van der Waals surface area (Å²) >= 11 is 6.32. The molecule has 1 aliphatic rings. The second kappa shape index (κ2) is 5.72. The summed E-state index contributed by atoms with van der Waals surface area (Å²) in [6, 6.07) is 7.87. The molecule has 0 saturated heterocycles. The van der Waals surface area contributed by atoms with Crippen LogP contribution in [0.5, 0.6) is 0 Å². The molecular formula is C19H10ClF3N4. The third-order valence-corrected chi connectivity index (χ3v) is 5.02. The number of rotatable bonds is 1. The first-order valence-electron chi connectivity index (χ1n) is 8.08. The Bertz CT molecular complexity index is 1220. The molecule has 5 rings (SSSR count). The molecule has 4 aromatic rings. The summed E-state index contributed by atoms with van der Waals surface area (Å²) in [5.74, 6) is -3.21. The molecule has 1 aliphatic heterocycles.